The standard InChI is InChI=1S/C13H21N5O/c1-2-18(10-6-4-3-5-7-10)13-11(12(14)17-19)15-8-9-16-13/h8-10,19H,2-7H2,1H3,(H2,14,17). The van der Waals surface area contributed by atoms with Crippen molar-refractivity contribution in [3.05, 3.63) is 18.1 Å². The molecule has 0 aromatic carbocycles. The van der Waals surface area contributed by atoms with Crippen LogP contribution < -0.4 is 10.6 Å². The first-order chi connectivity index (χ1) is 9.27. The Morgan fingerprint density at radius 2 is 2.05 bits per heavy atom. The Balaban J connectivity index is 2.32. The van der Waals surface area contributed by atoms with Gasteiger partial charge in [0.15, 0.2) is 17.3 Å². The number of hydrogen-bond acceptors (Lipinski definition) is 5. The molecule has 0 saturated heterocycles. The molecule has 0 atom stereocenters. The van der Waals surface area contributed by atoms with Gasteiger partial charge >= 0.3 is 0 Å². The zero-order chi connectivity index (χ0) is 13.7. The SMILES string of the molecule is CCN(c1nccnc1/C(N)=N/O)C1CCCCC1. The van der Waals surface area contributed by atoms with Crippen LogP contribution in [0.15, 0.2) is 17.5 Å². The second-order valence-electron chi connectivity index (χ2n) is 4.79. The molecule has 104 valence electrons. The molecule has 0 amide bonds. The van der Waals surface area contributed by atoms with Gasteiger partial charge in [-0.05, 0) is 19.8 Å². The number of hydrogen-bond donors (Lipinski definition) is 2. The lowest BCUT2D eigenvalue weighted by Crippen LogP contribution is -2.39. The van der Waals surface area contributed by atoms with Crippen molar-refractivity contribution in [1.29, 1.82) is 0 Å². The molecule has 19 heavy (non-hydrogen) atoms. The average Bonchev–Trinajstić information content (AvgIpc) is 2.49. The highest BCUT2D eigenvalue weighted by Crippen LogP contribution is 2.27. The molecular formula is C13H21N5O. The highest BCUT2D eigenvalue weighted by atomic mass is 16.4. The van der Waals surface area contributed by atoms with E-state index in [2.05, 4.69) is 26.9 Å². The molecular weight excluding hydrogens is 242 g/mol. The van der Waals surface area contributed by atoms with E-state index in [1.54, 1.807) is 12.4 Å². The summed E-state index contributed by atoms with van der Waals surface area (Å²) >= 11 is 0. The fourth-order valence-electron chi connectivity index (χ4n) is 2.74. The van der Waals surface area contributed by atoms with E-state index in [4.69, 9.17) is 10.9 Å². The van der Waals surface area contributed by atoms with Crippen LogP contribution in [0.25, 0.3) is 0 Å². The number of rotatable bonds is 4. The monoisotopic (exact) mass is 263 g/mol. The van der Waals surface area contributed by atoms with Crippen molar-refractivity contribution < 1.29 is 5.21 Å². The van der Waals surface area contributed by atoms with E-state index >= 15 is 0 Å². The average molecular weight is 263 g/mol. The molecule has 1 fully saturated rings. The van der Waals surface area contributed by atoms with E-state index in [1.807, 2.05) is 0 Å². The maximum Gasteiger partial charge on any atom is 0.192 e. The lowest BCUT2D eigenvalue weighted by molar-refractivity contribution is 0.318. The number of aromatic nitrogens is 2. The van der Waals surface area contributed by atoms with Crippen molar-refractivity contribution in [3.8, 4) is 0 Å². The van der Waals surface area contributed by atoms with E-state index in [1.165, 1.54) is 32.1 Å². The van der Waals surface area contributed by atoms with Gasteiger partial charge in [0.05, 0.1) is 0 Å². The van der Waals surface area contributed by atoms with Crippen LogP contribution in [0.5, 0.6) is 0 Å². The first kappa shape index (κ1) is 13.6. The summed E-state index contributed by atoms with van der Waals surface area (Å²) in [5.41, 5.74) is 6.14. The molecule has 1 saturated carbocycles. The molecule has 2 rings (SSSR count). The lowest BCUT2D eigenvalue weighted by Gasteiger charge is -2.35. The van der Waals surface area contributed by atoms with Gasteiger partial charge in [-0.25, -0.2) is 9.97 Å². The van der Waals surface area contributed by atoms with Crippen molar-refractivity contribution >= 4 is 11.7 Å². The summed E-state index contributed by atoms with van der Waals surface area (Å²) in [6.07, 6.45) is 9.35. The summed E-state index contributed by atoms with van der Waals surface area (Å²) in [6.45, 7) is 2.94. The Labute approximate surface area is 113 Å². The fourth-order valence-corrected chi connectivity index (χ4v) is 2.74. The predicted molar refractivity (Wildman–Crippen MR) is 74.4 cm³/mol. The molecule has 0 radical (unpaired) electrons. The minimum absolute atomic E-state index is 0.0114. The van der Waals surface area contributed by atoms with Crippen LogP contribution in [0, 0.1) is 0 Å². The van der Waals surface area contributed by atoms with Crippen molar-refractivity contribution in [2.45, 2.75) is 45.1 Å². The molecule has 1 aromatic rings. The Bertz CT molecular complexity index is 442. The summed E-state index contributed by atoms with van der Waals surface area (Å²) in [6, 6.07) is 0.473. The Morgan fingerprint density at radius 3 is 2.68 bits per heavy atom. The van der Waals surface area contributed by atoms with E-state index in [0.717, 1.165) is 6.54 Å². The molecule has 0 unspecified atom stereocenters. The van der Waals surface area contributed by atoms with Gasteiger partial charge in [-0.2, -0.15) is 0 Å². The maximum atomic E-state index is 8.85. The third kappa shape index (κ3) is 2.94. The third-order valence-corrected chi connectivity index (χ3v) is 3.66. The van der Waals surface area contributed by atoms with Crippen molar-refractivity contribution in [1.82, 2.24) is 9.97 Å². The third-order valence-electron chi connectivity index (χ3n) is 3.66. The van der Waals surface area contributed by atoms with Gasteiger partial charge in [0.1, 0.15) is 0 Å². The van der Waals surface area contributed by atoms with Crippen LogP contribution in [-0.4, -0.2) is 33.6 Å². The second-order valence-corrected chi connectivity index (χ2v) is 4.79. The van der Waals surface area contributed by atoms with Crippen LogP contribution in [0.4, 0.5) is 5.82 Å². The van der Waals surface area contributed by atoms with Gasteiger partial charge in [-0.1, -0.05) is 24.4 Å². The molecule has 1 aromatic heterocycles. The number of nitrogens with zero attached hydrogens (tertiary/aromatic N) is 4. The van der Waals surface area contributed by atoms with Crippen LogP contribution in [0.3, 0.4) is 0 Å². The topological polar surface area (TPSA) is 87.6 Å². The normalized spacial score (nSPS) is 17.4. The summed E-state index contributed by atoms with van der Waals surface area (Å²) in [5.74, 6) is 0.726. The number of nitrogens with two attached hydrogens (primary N) is 1. The first-order valence-corrected chi connectivity index (χ1v) is 6.83. The maximum absolute atomic E-state index is 8.85. The molecule has 1 aliphatic rings. The minimum atomic E-state index is 0.0114. The van der Waals surface area contributed by atoms with E-state index in [0.29, 0.717) is 17.6 Å². The summed E-state index contributed by atoms with van der Waals surface area (Å²) in [7, 11) is 0. The lowest BCUT2D eigenvalue weighted by atomic mass is 9.94. The molecule has 0 spiro atoms. The highest BCUT2D eigenvalue weighted by Gasteiger charge is 2.24. The van der Waals surface area contributed by atoms with E-state index in [-0.39, 0.29) is 5.84 Å². The molecule has 6 nitrogen and oxygen atoms in total. The van der Waals surface area contributed by atoms with Gasteiger partial charge in [0.25, 0.3) is 0 Å². The van der Waals surface area contributed by atoms with Crippen molar-refractivity contribution in [2.75, 3.05) is 11.4 Å². The van der Waals surface area contributed by atoms with Crippen molar-refractivity contribution in [2.24, 2.45) is 10.9 Å². The molecule has 3 N–H and O–H groups in total. The Morgan fingerprint density at radius 1 is 1.37 bits per heavy atom. The highest BCUT2D eigenvalue weighted by molar-refractivity contribution is 5.99. The van der Waals surface area contributed by atoms with Crippen LogP contribution in [0.2, 0.25) is 0 Å². The van der Waals surface area contributed by atoms with Crippen LogP contribution in [0.1, 0.15) is 44.7 Å². The Kier molecular flexibility index (Phi) is 4.54. The van der Waals surface area contributed by atoms with Gasteiger partial charge in [0, 0.05) is 25.0 Å². The Hall–Kier alpha value is -1.85. The predicted octanol–water partition coefficient (Wildman–Crippen LogP) is 1.73. The zero-order valence-corrected chi connectivity index (χ0v) is 11.3. The number of anilines is 1. The van der Waals surface area contributed by atoms with Crippen LogP contribution >= 0.6 is 0 Å². The number of oxime groups is 1. The summed E-state index contributed by atoms with van der Waals surface area (Å²) < 4.78 is 0. The molecule has 1 heterocycles. The molecule has 0 bridgehead atoms. The van der Waals surface area contributed by atoms with Gasteiger partial charge in [0.2, 0.25) is 0 Å². The van der Waals surface area contributed by atoms with Gasteiger partial charge < -0.3 is 15.8 Å². The second kappa shape index (κ2) is 6.36. The minimum Gasteiger partial charge on any atom is -0.409 e. The summed E-state index contributed by atoms with van der Waals surface area (Å²) in [5, 5.41) is 11.9. The van der Waals surface area contributed by atoms with Crippen LogP contribution in [-0.2, 0) is 0 Å². The van der Waals surface area contributed by atoms with Gasteiger partial charge in [-0.3, -0.25) is 0 Å². The summed E-state index contributed by atoms with van der Waals surface area (Å²) in [4.78, 5) is 10.8. The van der Waals surface area contributed by atoms with E-state index < -0.39 is 0 Å². The number of amidine groups is 1. The molecule has 0 aliphatic heterocycles. The van der Waals surface area contributed by atoms with Crippen molar-refractivity contribution in [3.63, 3.8) is 0 Å². The quantitative estimate of drug-likeness (QED) is 0.374. The zero-order valence-electron chi connectivity index (χ0n) is 11.3. The largest absolute Gasteiger partial charge is 0.409 e. The smallest absolute Gasteiger partial charge is 0.192 e. The molecule has 1 aliphatic carbocycles. The first-order valence-electron chi connectivity index (χ1n) is 6.83. The fraction of sp³-hybridized carbons (Fsp3) is 0.615. The molecule has 6 heteroatoms. The van der Waals surface area contributed by atoms with E-state index in [9.17, 15) is 0 Å². The van der Waals surface area contributed by atoms with Gasteiger partial charge in [-0.15, -0.1) is 0 Å².